The monoisotopic (exact) mass is 442 g/mol. The molecule has 170 valence electrons. The van der Waals surface area contributed by atoms with Crippen LogP contribution in [-0.4, -0.2) is 66.7 Å². The van der Waals surface area contributed by atoms with Gasteiger partial charge in [-0.1, -0.05) is 48.5 Å². The molecule has 0 bridgehead atoms. The molecule has 9 heteroatoms. The normalized spacial score (nSPS) is 15.1. The summed E-state index contributed by atoms with van der Waals surface area (Å²) in [6.45, 7) is 0.812. The van der Waals surface area contributed by atoms with E-state index < -0.39 is 42.8 Å². The second-order valence-corrected chi connectivity index (χ2v) is 7.47. The zero-order valence-corrected chi connectivity index (χ0v) is 17.8. The first-order valence-electron chi connectivity index (χ1n) is 10.2. The molecule has 0 aromatic heterocycles. The van der Waals surface area contributed by atoms with Gasteiger partial charge in [0, 0.05) is 13.0 Å². The predicted octanol–water partition coefficient (Wildman–Crippen LogP) is 1.49. The highest BCUT2D eigenvalue weighted by molar-refractivity contribution is 5.89. The quantitative estimate of drug-likeness (QED) is 0.462. The van der Waals surface area contributed by atoms with E-state index in [-0.39, 0.29) is 12.5 Å². The number of benzene rings is 2. The number of carbonyl (C=O) groups excluding carboxylic acids is 2. The SMILES string of the molecule is COC(C)C(NC(=O)OCC1c2ccccc2-c2ccccc21)C(=O)N[C@H](CO)C(=O)O. The molecular formula is C23H26N2O7. The molecule has 3 rings (SSSR count). The lowest BCUT2D eigenvalue weighted by Gasteiger charge is -2.25. The van der Waals surface area contributed by atoms with E-state index in [1.165, 1.54) is 7.11 Å². The van der Waals surface area contributed by atoms with Crippen molar-refractivity contribution in [3.63, 3.8) is 0 Å². The lowest BCUT2D eigenvalue weighted by molar-refractivity contribution is -0.143. The van der Waals surface area contributed by atoms with Crippen molar-refractivity contribution in [3.8, 4) is 11.1 Å². The molecule has 0 aliphatic heterocycles. The number of rotatable bonds is 9. The Hall–Kier alpha value is -3.43. The Labute approximate surface area is 185 Å². The summed E-state index contributed by atoms with van der Waals surface area (Å²) in [5.41, 5.74) is 4.28. The van der Waals surface area contributed by atoms with Crippen molar-refractivity contribution in [2.24, 2.45) is 0 Å². The second-order valence-electron chi connectivity index (χ2n) is 7.47. The summed E-state index contributed by atoms with van der Waals surface area (Å²) in [4.78, 5) is 36.1. The zero-order valence-electron chi connectivity index (χ0n) is 17.8. The number of carboxylic acids is 1. The average Bonchev–Trinajstić information content (AvgIpc) is 3.12. The number of aliphatic hydroxyl groups excluding tert-OH is 1. The minimum atomic E-state index is -1.50. The van der Waals surface area contributed by atoms with Gasteiger partial charge < -0.3 is 30.3 Å². The van der Waals surface area contributed by atoms with Gasteiger partial charge in [-0.2, -0.15) is 0 Å². The van der Waals surface area contributed by atoms with Crippen LogP contribution in [0.25, 0.3) is 11.1 Å². The van der Waals surface area contributed by atoms with Crippen LogP contribution < -0.4 is 10.6 Å². The largest absolute Gasteiger partial charge is 0.480 e. The van der Waals surface area contributed by atoms with Crippen LogP contribution in [-0.2, 0) is 19.1 Å². The van der Waals surface area contributed by atoms with Gasteiger partial charge in [0.25, 0.3) is 0 Å². The van der Waals surface area contributed by atoms with Crippen molar-refractivity contribution in [3.05, 3.63) is 59.7 Å². The number of carbonyl (C=O) groups is 3. The van der Waals surface area contributed by atoms with Gasteiger partial charge in [-0.05, 0) is 29.2 Å². The number of hydrogen-bond acceptors (Lipinski definition) is 6. The minimum Gasteiger partial charge on any atom is -0.480 e. The molecular weight excluding hydrogens is 416 g/mol. The third kappa shape index (κ3) is 4.90. The first-order valence-corrected chi connectivity index (χ1v) is 10.2. The van der Waals surface area contributed by atoms with Crippen LogP contribution in [0.1, 0.15) is 24.0 Å². The van der Waals surface area contributed by atoms with Crippen LogP contribution in [0, 0.1) is 0 Å². The van der Waals surface area contributed by atoms with Crippen molar-refractivity contribution < 1.29 is 34.1 Å². The Balaban J connectivity index is 1.68. The highest BCUT2D eigenvalue weighted by atomic mass is 16.5. The highest BCUT2D eigenvalue weighted by Gasteiger charge is 2.32. The maximum atomic E-state index is 12.5. The summed E-state index contributed by atoms with van der Waals surface area (Å²) < 4.78 is 10.6. The number of ether oxygens (including phenoxy) is 2. The second kappa shape index (κ2) is 10.3. The van der Waals surface area contributed by atoms with E-state index in [9.17, 15) is 14.4 Å². The van der Waals surface area contributed by atoms with E-state index in [0.29, 0.717) is 0 Å². The van der Waals surface area contributed by atoms with E-state index in [4.69, 9.17) is 19.7 Å². The molecule has 0 saturated heterocycles. The summed E-state index contributed by atoms with van der Waals surface area (Å²) in [6, 6.07) is 13.1. The van der Waals surface area contributed by atoms with E-state index in [2.05, 4.69) is 10.6 Å². The molecule has 4 N–H and O–H groups in total. The predicted molar refractivity (Wildman–Crippen MR) is 115 cm³/mol. The standard InChI is InChI=1S/C23H26N2O7/c1-13(31-2)20(21(27)24-19(11-26)22(28)29)25-23(30)32-12-18-16-9-5-3-7-14(16)15-8-4-6-10-17(15)18/h3-10,13,18-20,26H,11-12H2,1-2H3,(H,24,27)(H,25,30)(H,28,29)/t13?,19-,20?/m1/s1. The molecule has 32 heavy (non-hydrogen) atoms. The van der Waals surface area contributed by atoms with Crippen LogP contribution >= 0.6 is 0 Å². The van der Waals surface area contributed by atoms with Gasteiger partial charge in [-0.3, -0.25) is 4.79 Å². The number of nitrogens with one attached hydrogen (secondary N) is 2. The third-order valence-corrected chi connectivity index (χ3v) is 5.54. The number of amides is 2. The molecule has 1 aliphatic carbocycles. The van der Waals surface area contributed by atoms with Crippen LogP contribution in [0.15, 0.2) is 48.5 Å². The van der Waals surface area contributed by atoms with Gasteiger partial charge in [0.05, 0.1) is 12.7 Å². The Morgan fingerprint density at radius 2 is 1.56 bits per heavy atom. The number of fused-ring (bicyclic) bond motifs is 3. The molecule has 0 spiro atoms. The molecule has 9 nitrogen and oxygen atoms in total. The van der Waals surface area contributed by atoms with Crippen LogP contribution in [0.2, 0.25) is 0 Å². The Morgan fingerprint density at radius 1 is 1.00 bits per heavy atom. The Morgan fingerprint density at radius 3 is 2.06 bits per heavy atom. The van der Waals surface area contributed by atoms with Gasteiger partial charge in [0.2, 0.25) is 5.91 Å². The van der Waals surface area contributed by atoms with Crippen LogP contribution in [0.3, 0.4) is 0 Å². The lowest BCUT2D eigenvalue weighted by Crippen LogP contribution is -2.57. The first kappa shape index (κ1) is 23.2. The summed E-state index contributed by atoms with van der Waals surface area (Å²) in [6.07, 6.45) is -1.62. The zero-order chi connectivity index (χ0) is 23.3. The molecule has 3 atom stereocenters. The maximum Gasteiger partial charge on any atom is 0.407 e. The summed E-state index contributed by atoms with van der Waals surface area (Å²) in [5.74, 6) is -2.36. The molecule has 2 amide bonds. The van der Waals surface area contributed by atoms with E-state index in [1.807, 2.05) is 48.5 Å². The molecule has 2 aromatic carbocycles. The van der Waals surface area contributed by atoms with Gasteiger partial charge in [-0.25, -0.2) is 9.59 Å². The third-order valence-electron chi connectivity index (χ3n) is 5.54. The van der Waals surface area contributed by atoms with Crippen molar-refractivity contribution in [1.29, 1.82) is 0 Å². The summed E-state index contributed by atoms with van der Waals surface area (Å²) in [5, 5.41) is 22.8. The van der Waals surface area contributed by atoms with Gasteiger partial charge in [0.15, 0.2) is 0 Å². The summed E-state index contributed by atoms with van der Waals surface area (Å²) in [7, 11) is 1.35. The molecule has 2 aromatic rings. The van der Waals surface area contributed by atoms with Crippen LogP contribution in [0.5, 0.6) is 0 Å². The minimum absolute atomic E-state index is 0.0595. The summed E-state index contributed by atoms with van der Waals surface area (Å²) >= 11 is 0. The molecule has 0 heterocycles. The molecule has 0 fully saturated rings. The van der Waals surface area contributed by atoms with E-state index >= 15 is 0 Å². The molecule has 0 radical (unpaired) electrons. The Bertz CT molecular complexity index is 948. The van der Waals surface area contributed by atoms with Crippen LogP contribution in [0.4, 0.5) is 4.79 Å². The van der Waals surface area contributed by atoms with Gasteiger partial charge >= 0.3 is 12.1 Å². The number of alkyl carbamates (subject to hydrolysis) is 1. The smallest absolute Gasteiger partial charge is 0.407 e. The fourth-order valence-corrected chi connectivity index (χ4v) is 3.75. The van der Waals surface area contributed by atoms with Gasteiger partial charge in [-0.15, -0.1) is 0 Å². The van der Waals surface area contributed by atoms with E-state index in [1.54, 1.807) is 6.92 Å². The molecule has 0 saturated carbocycles. The fourth-order valence-electron chi connectivity index (χ4n) is 3.75. The number of aliphatic carboxylic acids is 1. The molecule has 1 aliphatic rings. The fraction of sp³-hybridized carbons (Fsp3) is 0.348. The molecule has 2 unspecified atom stereocenters. The highest BCUT2D eigenvalue weighted by Crippen LogP contribution is 2.44. The number of methoxy groups -OCH3 is 1. The first-order chi connectivity index (χ1) is 15.4. The van der Waals surface area contributed by atoms with Crippen molar-refractivity contribution in [2.45, 2.75) is 31.0 Å². The van der Waals surface area contributed by atoms with Crippen molar-refractivity contribution in [2.75, 3.05) is 20.3 Å². The van der Waals surface area contributed by atoms with Crippen molar-refractivity contribution >= 4 is 18.0 Å². The maximum absolute atomic E-state index is 12.5. The number of carboxylic acid groups (broad SMARTS) is 1. The topological polar surface area (TPSA) is 134 Å². The van der Waals surface area contributed by atoms with Crippen molar-refractivity contribution in [1.82, 2.24) is 10.6 Å². The van der Waals surface area contributed by atoms with E-state index in [0.717, 1.165) is 22.3 Å². The average molecular weight is 442 g/mol. The number of hydrogen-bond donors (Lipinski definition) is 4. The number of aliphatic hydroxyl groups is 1. The lowest BCUT2D eigenvalue weighted by atomic mass is 9.98. The van der Waals surface area contributed by atoms with Gasteiger partial charge in [0.1, 0.15) is 18.7 Å². The Kier molecular flexibility index (Phi) is 7.45.